The number of hydrogen-bond donors (Lipinski definition) is 1. The first kappa shape index (κ1) is 19.4. The van der Waals surface area contributed by atoms with Crippen molar-refractivity contribution in [2.75, 3.05) is 26.2 Å². The Morgan fingerprint density at radius 2 is 1.65 bits per heavy atom. The number of nitrogens with one attached hydrogen (secondary N) is 1. The van der Waals surface area contributed by atoms with Gasteiger partial charge in [0.2, 0.25) is 0 Å². The van der Waals surface area contributed by atoms with Gasteiger partial charge in [0.1, 0.15) is 11.6 Å². The van der Waals surface area contributed by atoms with Gasteiger partial charge >= 0.3 is 0 Å². The molecule has 0 unspecified atom stereocenters. The normalized spacial score (nSPS) is 17.2. The van der Waals surface area contributed by atoms with Gasteiger partial charge in [0.05, 0.1) is 6.04 Å². The van der Waals surface area contributed by atoms with Gasteiger partial charge in [-0.3, -0.25) is 4.90 Å². The van der Waals surface area contributed by atoms with Crippen LogP contribution in [0.1, 0.15) is 11.6 Å². The molecule has 0 aromatic heterocycles. The first-order valence-electron chi connectivity index (χ1n) is 5.77. The Bertz CT molecular complexity index is 414. The monoisotopic (exact) mass is 334 g/mol. The number of hydrogen-bond acceptors (Lipinski definition) is 2. The zero-order valence-corrected chi connectivity index (χ0v) is 12.1. The topological polar surface area (TPSA) is 15.3 Å². The van der Waals surface area contributed by atoms with Crippen molar-refractivity contribution in [3.8, 4) is 0 Å². The number of halogens is 6. The molecular formula is C12H16Cl2F4N2. The summed E-state index contributed by atoms with van der Waals surface area (Å²) in [7, 11) is 0. The van der Waals surface area contributed by atoms with Gasteiger partial charge in [-0.2, -0.15) is 0 Å². The van der Waals surface area contributed by atoms with Crippen LogP contribution in [0.25, 0.3) is 0 Å². The van der Waals surface area contributed by atoms with E-state index in [9.17, 15) is 17.6 Å². The van der Waals surface area contributed by atoms with Crippen LogP contribution in [0.2, 0.25) is 0 Å². The highest BCUT2D eigenvalue weighted by Gasteiger charge is 2.32. The lowest BCUT2D eigenvalue weighted by Crippen LogP contribution is -2.47. The number of piperazine rings is 1. The Kier molecular flexibility index (Phi) is 8.42. The van der Waals surface area contributed by atoms with Crippen LogP contribution >= 0.6 is 24.8 Å². The highest BCUT2D eigenvalue weighted by atomic mass is 35.5. The van der Waals surface area contributed by atoms with E-state index in [4.69, 9.17) is 0 Å². The highest BCUT2D eigenvalue weighted by Crippen LogP contribution is 2.30. The molecule has 0 amide bonds. The van der Waals surface area contributed by atoms with Gasteiger partial charge in [-0.15, -0.1) is 24.8 Å². The molecule has 1 N–H and O–H groups in total. The van der Waals surface area contributed by atoms with E-state index in [2.05, 4.69) is 5.32 Å². The second-order valence-electron chi connectivity index (χ2n) is 4.23. The van der Waals surface area contributed by atoms with Crippen LogP contribution in [0, 0.1) is 11.6 Å². The quantitative estimate of drug-likeness (QED) is 0.855. The molecule has 1 aromatic carbocycles. The maximum atomic E-state index is 13.6. The van der Waals surface area contributed by atoms with E-state index in [1.165, 1.54) is 4.90 Å². The van der Waals surface area contributed by atoms with E-state index >= 15 is 0 Å². The summed E-state index contributed by atoms with van der Waals surface area (Å²) in [5.74, 6) is -1.49. The molecule has 0 aliphatic carbocycles. The molecule has 1 aliphatic rings. The fourth-order valence-corrected chi connectivity index (χ4v) is 2.19. The van der Waals surface area contributed by atoms with Gasteiger partial charge in [0.15, 0.2) is 0 Å². The van der Waals surface area contributed by atoms with Gasteiger partial charge in [0, 0.05) is 31.7 Å². The van der Waals surface area contributed by atoms with Crippen LogP contribution < -0.4 is 5.32 Å². The molecule has 2 nitrogen and oxygen atoms in total. The summed E-state index contributed by atoms with van der Waals surface area (Å²) in [6.45, 7) is 1.93. The van der Waals surface area contributed by atoms with E-state index in [1.54, 1.807) is 0 Å². The van der Waals surface area contributed by atoms with E-state index in [-0.39, 0.29) is 30.4 Å². The molecule has 1 saturated heterocycles. The average Bonchev–Trinajstić information content (AvgIpc) is 2.35. The molecular weight excluding hydrogens is 319 g/mol. The van der Waals surface area contributed by atoms with Gasteiger partial charge in [-0.05, 0) is 18.2 Å². The lowest BCUT2D eigenvalue weighted by molar-refractivity contribution is 0.0162. The highest BCUT2D eigenvalue weighted by molar-refractivity contribution is 5.85. The molecule has 1 fully saturated rings. The Balaban J connectivity index is 0.00000180. The van der Waals surface area contributed by atoms with E-state index in [1.807, 2.05) is 0 Å². The SMILES string of the molecule is Cl.Cl.Fc1ccc(F)c([C@H](C(F)F)N2CCNCC2)c1. The standard InChI is InChI=1S/C12H14F4N2.2ClH/c13-8-1-2-10(14)9(7-8)11(12(15)16)18-5-3-17-4-6-18;;/h1-2,7,11-12,17H,3-6H2;2*1H/t11-;;/m1../s1. The van der Waals surface area contributed by atoms with Crippen molar-refractivity contribution in [2.24, 2.45) is 0 Å². The molecule has 1 aliphatic heterocycles. The maximum Gasteiger partial charge on any atom is 0.258 e. The molecule has 2 rings (SSSR count). The van der Waals surface area contributed by atoms with Crippen LogP contribution in [-0.4, -0.2) is 37.5 Å². The minimum Gasteiger partial charge on any atom is -0.314 e. The molecule has 116 valence electrons. The Hall–Kier alpha value is -0.560. The molecule has 0 bridgehead atoms. The van der Waals surface area contributed by atoms with Gasteiger partial charge in [-0.25, -0.2) is 17.6 Å². The third kappa shape index (κ3) is 4.48. The number of rotatable bonds is 3. The third-order valence-electron chi connectivity index (χ3n) is 3.06. The smallest absolute Gasteiger partial charge is 0.258 e. The number of nitrogens with zero attached hydrogens (tertiary/aromatic N) is 1. The van der Waals surface area contributed by atoms with E-state index in [0.29, 0.717) is 26.2 Å². The molecule has 1 aromatic rings. The van der Waals surface area contributed by atoms with Crippen molar-refractivity contribution in [2.45, 2.75) is 12.5 Å². The minimum atomic E-state index is -2.75. The Morgan fingerprint density at radius 1 is 1.05 bits per heavy atom. The molecule has 20 heavy (non-hydrogen) atoms. The predicted molar refractivity (Wildman–Crippen MR) is 74.0 cm³/mol. The second-order valence-corrected chi connectivity index (χ2v) is 4.23. The minimum absolute atomic E-state index is 0. The fraction of sp³-hybridized carbons (Fsp3) is 0.500. The van der Waals surface area contributed by atoms with Crippen molar-refractivity contribution >= 4 is 24.8 Å². The molecule has 0 saturated carbocycles. The van der Waals surface area contributed by atoms with E-state index in [0.717, 1.165) is 18.2 Å². The molecule has 1 atom stereocenters. The van der Waals surface area contributed by atoms with Crippen LogP contribution in [-0.2, 0) is 0 Å². The van der Waals surface area contributed by atoms with Crippen molar-refractivity contribution < 1.29 is 17.6 Å². The summed E-state index contributed by atoms with van der Waals surface area (Å²) in [4.78, 5) is 1.49. The van der Waals surface area contributed by atoms with Crippen molar-refractivity contribution in [3.63, 3.8) is 0 Å². The van der Waals surface area contributed by atoms with Crippen LogP contribution in [0.3, 0.4) is 0 Å². The molecule has 0 radical (unpaired) electrons. The van der Waals surface area contributed by atoms with Crippen molar-refractivity contribution in [3.05, 3.63) is 35.4 Å². The summed E-state index contributed by atoms with van der Waals surface area (Å²) in [6.07, 6.45) is -2.75. The van der Waals surface area contributed by atoms with Crippen LogP contribution in [0.4, 0.5) is 17.6 Å². The van der Waals surface area contributed by atoms with Gasteiger partial charge in [0.25, 0.3) is 6.43 Å². The molecule has 1 heterocycles. The Labute approximate surface area is 127 Å². The summed E-state index contributed by atoms with van der Waals surface area (Å²) in [6, 6.07) is 1.29. The maximum absolute atomic E-state index is 13.6. The largest absolute Gasteiger partial charge is 0.314 e. The summed E-state index contributed by atoms with van der Waals surface area (Å²) < 4.78 is 52.9. The molecule has 0 spiro atoms. The molecule has 8 heteroatoms. The van der Waals surface area contributed by atoms with Gasteiger partial charge in [-0.1, -0.05) is 0 Å². The third-order valence-corrected chi connectivity index (χ3v) is 3.06. The lowest BCUT2D eigenvalue weighted by atomic mass is 10.0. The first-order chi connectivity index (χ1) is 8.59. The zero-order valence-electron chi connectivity index (χ0n) is 10.5. The fourth-order valence-electron chi connectivity index (χ4n) is 2.19. The lowest BCUT2D eigenvalue weighted by Gasteiger charge is -2.34. The summed E-state index contributed by atoms with van der Waals surface area (Å²) in [5, 5.41) is 3.03. The van der Waals surface area contributed by atoms with Crippen molar-refractivity contribution in [1.82, 2.24) is 10.2 Å². The average molecular weight is 335 g/mol. The number of alkyl halides is 2. The Morgan fingerprint density at radius 3 is 2.20 bits per heavy atom. The predicted octanol–water partition coefficient (Wildman–Crippen LogP) is 3.02. The summed E-state index contributed by atoms with van der Waals surface area (Å²) >= 11 is 0. The van der Waals surface area contributed by atoms with Crippen LogP contribution in [0.15, 0.2) is 18.2 Å². The zero-order chi connectivity index (χ0) is 13.1. The van der Waals surface area contributed by atoms with Crippen molar-refractivity contribution in [1.29, 1.82) is 0 Å². The second kappa shape index (κ2) is 8.67. The van der Waals surface area contributed by atoms with Crippen LogP contribution in [0.5, 0.6) is 0 Å². The van der Waals surface area contributed by atoms with E-state index < -0.39 is 24.1 Å². The van der Waals surface area contributed by atoms with Gasteiger partial charge < -0.3 is 5.32 Å². The number of benzene rings is 1. The first-order valence-corrected chi connectivity index (χ1v) is 5.77. The summed E-state index contributed by atoms with van der Waals surface area (Å²) in [5.41, 5.74) is -0.271.